The minimum atomic E-state index is -0.180. The van der Waals surface area contributed by atoms with Crippen LogP contribution < -0.4 is 10.6 Å². The molecule has 0 saturated carbocycles. The highest BCUT2D eigenvalue weighted by molar-refractivity contribution is 14.0. The van der Waals surface area contributed by atoms with E-state index >= 15 is 0 Å². The molecule has 7 nitrogen and oxygen atoms in total. The van der Waals surface area contributed by atoms with Gasteiger partial charge in [0.25, 0.3) is 0 Å². The third kappa shape index (κ3) is 7.59. The summed E-state index contributed by atoms with van der Waals surface area (Å²) in [6.45, 7) is 10.4. The first-order valence-corrected chi connectivity index (χ1v) is 10.4. The quantitative estimate of drug-likeness (QED) is 0.224. The van der Waals surface area contributed by atoms with E-state index in [0.29, 0.717) is 37.4 Å². The number of ether oxygens (including phenoxy) is 1. The Balaban J connectivity index is 0.00000392. The van der Waals surface area contributed by atoms with Gasteiger partial charge in [-0.2, -0.15) is 4.98 Å². The maximum atomic E-state index is 5.48. The van der Waals surface area contributed by atoms with E-state index in [1.807, 2.05) is 20.8 Å². The van der Waals surface area contributed by atoms with Gasteiger partial charge in [-0.05, 0) is 51.1 Å². The first kappa shape index (κ1) is 24.7. The Bertz CT molecular complexity index is 754. The van der Waals surface area contributed by atoms with Crippen LogP contribution in [0.15, 0.2) is 32.6 Å². The molecule has 1 heterocycles. The predicted octanol–water partition coefficient (Wildman–Crippen LogP) is 4.07. The van der Waals surface area contributed by atoms with E-state index in [9.17, 15) is 0 Å². The summed E-state index contributed by atoms with van der Waals surface area (Å²) in [6, 6.07) is 6.44. The Kier molecular flexibility index (Phi) is 11.5. The molecule has 0 amide bonds. The lowest BCUT2D eigenvalue weighted by Crippen LogP contribution is -2.36. The topological polar surface area (TPSA) is 84.6 Å². The first-order chi connectivity index (χ1) is 13.1. The average molecular weight is 519 g/mol. The molecule has 156 valence electrons. The van der Waals surface area contributed by atoms with Crippen molar-refractivity contribution >= 4 is 41.7 Å². The van der Waals surface area contributed by atoms with E-state index in [1.165, 1.54) is 16.0 Å². The second kappa shape index (κ2) is 13.0. The van der Waals surface area contributed by atoms with Crippen molar-refractivity contribution in [3.05, 3.63) is 41.0 Å². The highest BCUT2D eigenvalue weighted by Crippen LogP contribution is 2.22. The molecule has 1 aromatic heterocycles. The van der Waals surface area contributed by atoms with Crippen LogP contribution in [0.2, 0.25) is 0 Å². The molecule has 1 atom stereocenters. The molecule has 0 aliphatic carbocycles. The number of aryl methyl sites for hydroxylation is 1. The number of aromatic nitrogens is 2. The Morgan fingerprint density at radius 1 is 1.32 bits per heavy atom. The zero-order valence-corrected chi connectivity index (χ0v) is 20.3. The molecule has 2 aromatic rings. The fourth-order valence-electron chi connectivity index (χ4n) is 2.48. The van der Waals surface area contributed by atoms with Gasteiger partial charge in [0.2, 0.25) is 5.89 Å². The fraction of sp³-hybridized carbons (Fsp3) is 0.526. The van der Waals surface area contributed by atoms with E-state index in [1.54, 1.807) is 11.8 Å². The van der Waals surface area contributed by atoms with Gasteiger partial charge < -0.3 is 19.9 Å². The second-order valence-electron chi connectivity index (χ2n) is 6.01. The SMILES string of the molecule is CCNC(=NCc1ccc(C)cc1SC)NCc1nc(C(C)OCC)no1.I. The highest BCUT2D eigenvalue weighted by atomic mass is 127. The molecule has 0 aliphatic heterocycles. The minimum Gasteiger partial charge on any atom is -0.371 e. The summed E-state index contributed by atoms with van der Waals surface area (Å²) in [5.74, 6) is 1.77. The van der Waals surface area contributed by atoms with Gasteiger partial charge in [0.05, 0.1) is 13.1 Å². The summed E-state index contributed by atoms with van der Waals surface area (Å²) < 4.78 is 10.8. The Labute approximate surface area is 188 Å². The molecule has 0 radical (unpaired) electrons. The number of aliphatic imine (C=N–C) groups is 1. The lowest BCUT2D eigenvalue weighted by molar-refractivity contribution is 0.0683. The van der Waals surface area contributed by atoms with E-state index in [-0.39, 0.29) is 30.1 Å². The molecular formula is C19H30IN5O2S. The van der Waals surface area contributed by atoms with Crippen molar-refractivity contribution < 1.29 is 9.26 Å². The number of nitrogens with one attached hydrogen (secondary N) is 2. The lowest BCUT2D eigenvalue weighted by atomic mass is 10.1. The number of hydrogen-bond donors (Lipinski definition) is 2. The maximum Gasteiger partial charge on any atom is 0.246 e. The Morgan fingerprint density at radius 2 is 2.11 bits per heavy atom. The number of guanidine groups is 1. The summed E-state index contributed by atoms with van der Waals surface area (Å²) in [7, 11) is 0. The van der Waals surface area contributed by atoms with Crippen molar-refractivity contribution in [1.29, 1.82) is 0 Å². The smallest absolute Gasteiger partial charge is 0.246 e. The number of thioether (sulfide) groups is 1. The van der Waals surface area contributed by atoms with Crippen molar-refractivity contribution in [3.8, 4) is 0 Å². The number of rotatable bonds is 9. The molecule has 0 spiro atoms. The number of nitrogens with zero attached hydrogens (tertiary/aromatic N) is 3. The number of benzene rings is 1. The van der Waals surface area contributed by atoms with Crippen molar-refractivity contribution in [2.24, 2.45) is 4.99 Å². The first-order valence-electron chi connectivity index (χ1n) is 9.17. The molecule has 2 N–H and O–H groups in total. The van der Waals surface area contributed by atoms with Gasteiger partial charge in [0.15, 0.2) is 11.8 Å². The van der Waals surface area contributed by atoms with Gasteiger partial charge in [-0.1, -0.05) is 17.3 Å². The van der Waals surface area contributed by atoms with Crippen LogP contribution >= 0.6 is 35.7 Å². The van der Waals surface area contributed by atoms with Gasteiger partial charge in [-0.3, -0.25) is 0 Å². The van der Waals surface area contributed by atoms with Crippen molar-refractivity contribution in [2.75, 3.05) is 19.4 Å². The molecule has 0 bridgehead atoms. The third-order valence-electron chi connectivity index (χ3n) is 3.87. The second-order valence-corrected chi connectivity index (χ2v) is 6.86. The zero-order valence-electron chi connectivity index (χ0n) is 17.1. The van der Waals surface area contributed by atoms with Crippen molar-refractivity contribution in [2.45, 2.75) is 51.8 Å². The van der Waals surface area contributed by atoms with Crippen LogP contribution in [0.25, 0.3) is 0 Å². The van der Waals surface area contributed by atoms with Gasteiger partial charge in [-0.15, -0.1) is 35.7 Å². The highest BCUT2D eigenvalue weighted by Gasteiger charge is 2.14. The number of hydrogen-bond acceptors (Lipinski definition) is 6. The van der Waals surface area contributed by atoms with Crippen LogP contribution in [0, 0.1) is 6.92 Å². The molecule has 2 rings (SSSR count). The molecule has 9 heteroatoms. The van der Waals surface area contributed by atoms with Gasteiger partial charge in [0.1, 0.15) is 6.10 Å². The van der Waals surface area contributed by atoms with Crippen molar-refractivity contribution in [3.63, 3.8) is 0 Å². The van der Waals surface area contributed by atoms with Gasteiger partial charge >= 0.3 is 0 Å². The fourth-order valence-corrected chi connectivity index (χ4v) is 3.18. The molecule has 28 heavy (non-hydrogen) atoms. The molecule has 0 saturated heterocycles. The van der Waals surface area contributed by atoms with Crippen LogP contribution in [-0.2, 0) is 17.8 Å². The maximum absolute atomic E-state index is 5.48. The standard InChI is InChI=1S/C19H29N5O2S.HI/c1-6-20-19(21-11-15-9-8-13(3)10-16(15)27-5)22-12-17-23-18(24-26-17)14(4)25-7-2;/h8-10,14H,6-7,11-12H2,1-5H3,(H2,20,21,22);1H. The average Bonchev–Trinajstić information content (AvgIpc) is 3.14. The summed E-state index contributed by atoms with van der Waals surface area (Å²) in [5, 5.41) is 10.4. The van der Waals surface area contributed by atoms with Gasteiger partial charge in [-0.25, -0.2) is 4.99 Å². The molecule has 1 aromatic carbocycles. The monoisotopic (exact) mass is 519 g/mol. The zero-order chi connectivity index (χ0) is 19.6. The molecule has 1 unspecified atom stereocenters. The van der Waals surface area contributed by atoms with Crippen LogP contribution in [0.5, 0.6) is 0 Å². The van der Waals surface area contributed by atoms with E-state index < -0.39 is 0 Å². The normalized spacial score (nSPS) is 12.4. The Hall–Kier alpha value is -1.33. The summed E-state index contributed by atoms with van der Waals surface area (Å²) in [6.07, 6.45) is 1.91. The summed E-state index contributed by atoms with van der Waals surface area (Å²) in [4.78, 5) is 10.3. The van der Waals surface area contributed by atoms with E-state index in [2.05, 4.69) is 57.1 Å². The van der Waals surface area contributed by atoms with E-state index in [4.69, 9.17) is 9.26 Å². The third-order valence-corrected chi connectivity index (χ3v) is 4.69. The van der Waals surface area contributed by atoms with Crippen LogP contribution in [0.1, 0.15) is 49.7 Å². The van der Waals surface area contributed by atoms with Crippen LogP contribution in [0.3, 0.4) is 0 Å². The lowest BCUT2D eigenvalue weighted by Gasteiger charge is -2.11. The van der Waals surface area contributed by atoms with E-state index in [0.717, 1.165) is 6.54 Å². The molecule has 0 fully saturated rings. The van der Waals surface area contributed by atoms with Crippen LogP contribution in [-0.4, -0.2) is 35.5 Å². The molecule has 0 aliphatic rings. The summed E-state index contributed by atoms with van der Waals surface area (Å²) in [5.41, 5.74) is 2.46. The predicted molar refractivity (Wildman–Crippen MR) is 124 cm³/mol. The van der Waals surface area contributed by atoms with Gasteiger partial charge in [0, 0.05) is 18.0 Å². The summed E-state index contributed by atoms with van der Waals surface area (Å²) >= 11 is 1.74. The van der Waals surface area contributed by atoms with Crippen molar-refractivity contribution in [1.82, 2.24) is 20.8 Å². The minimum absolute atomic E-state index is 0. The number of halogens is 1. The molecular weight excluding hydrogens is 489 g/mol. The largest absolute Gasteiger partial charge is 0.371 e. The van der Waals surface area contributed by atoms with Crippen LogP contribution in [0.4, 0.5) is 0 Å². The Morgan fingerprint density at radius 3 is 2.79 bits per heavy atom.